The lowest BCUT2D eigenvalue weighted by molar-refractivity contribution is 0.0937. The molecule has 4 rings (SSSR count). The zero-order valence-electron chi connectivity index (χ0n) is 15.6. The summed E-state index contributed by atoms with van der Waals surface area (Å²) >= 11 is 3.20. The summed E-state index contributed by atoms with van der Waals surface area (Å²) in [5.41, 5.74) is 2.19. The molecule has 0 amide bonds. The molecule has 0 aliphatic carbocycles. The highest BCUT2D eigenvalue weighted by Crippen LogP contribution is 2.30. The third kappa shape index (κ3) is 3.81. The van der Waals surface area contributed by atoms with Crippen molar-refractivity contribution in [3.63, 3.8) is 0 Å². The van der Waals surface area contributed by atoms with E-state index in [2.05, 4.69) is 18.8 Å². The highest BCUT2D eigenvalue weighted by Gasteiger charge is 2.22. The summed E-state index contributed by atoms with van der Waals surface area (Å²) < 4.78 is 7.63. The van der Waals surface area contributed by atoms with Gasteiger partial charge in [-0.1, -0.05) is 24.8 Å². The number of hydrogen-bond acceptors (Lipinski definition) is 6. The highest BCUT2D eigenvalue weighted by molar-refractivity contribution is 7.98. The van der Waals surface area contributed by atoms with Gasteiger partial charge in [0.05, 0.1) is 23.7 Å². The number of aromatic nitrogens is 3. The molecule has 1 atom stereocenters. The number of ether oxygens (including phenoxy) is 1. The summed E-state index contributed by atoms with van der Waals surface area (Å²) in [4.78, 5) is 24.7. The molecule has 0 aromatic carbocycles. The molecule has 5 nitrogen and oxygen atoms in total. The van der Waals surface area contributed by atoms with E-state index < -0.39 is 0 Å². The average Bonchev–Trinajstić information content (AvgIpc) is 3.30. The van der Waals surface area contributed by atoms with E-state index in [1.165, 1.54) is 4.88 Å². The van der Waals surface area contributed by atoms with Crippen molar-refractivity contribution in [2.75, 3.05) is 6.61 Å². The SMILES string of the molecule is CCc1c(C)sc2nc(SCc3ccccn3)n(CC3CCCO3)c(=O)c12. The predicted molar refractivity (Wildman–Crippen MR) is 111 cm³/mol. The third-order valence-corrected chi connectivity index (χ3v) is 6.97. The van der Waals surface area contributed by atoms with Crippen LogP contribution < -0.4 is 5.56 Å². The maximum Gasteiger partial charge on any atom is 0.263 e. The second-order valence-corrected chi connectivity index (χ2v) is 8.87. The molecule has 7 heteroatoms. The van der Waals surface area contributed by atoms with Gasteiger partial charge in [0, 0.05) is 23.4 Å². The van der Waals surface area contributed by atoms with Gasteiger partial charge in [-0.05, 0) is 43.9 Å². The fraction of sp³-hybridized carbons (Fsp3) is 0.450. The van der Waals surface area contributed by atoms with E-state index in [0.717, 1.165) is 52.5 Å². The van der Waals surface area contributed by atoms with E-state index in [-0.39, 0.29) is 11.7 Å². The van der Waals surface area contributed by atoms with Crippen LogP contribution in [-0.4, -0.2) is 27.2 Å². The van der Waals surface area contributed by atoms with Crippen LogP contribution in [0.25, 0.3) is 10.2 Å². The molecule has 3 aromatic heterocycles. The van der Waals surface area contributed by atoms with Crippen molar-refractivity contribution in [1.29, 1.82) is 0 Å². The monoisotopic (exact) mass is 401 g/mol. The smallest absolute Gasteiger partial charge is 0.263 e. The number of thioether (sulfide) groups is 1. The van der Waals surface area contributed by atoms with Crippen molar-refractivity contribution in [3.8, 4) is 0 Å². The Bertz CT molecular complexity index is 992. The summed E-state index contributed by atoms with van der Waals surface area (Å²) in [6.07, 6.45) is 4.80. The van der Waals surface area contributed by atoms with E-state index >= 15 is 0 Å². The minimum absolute atomic E-state index is 0.0696. The second-order valence-electron chi connectivity index (χ2n) is 6.73. The van der Waals surface area contributed by atoms with Crippen LogP contribution in [0.5, 0.6) is 0 Å². The molecule has 0 spiro atoms. The highest BCUT2D eigenvalue weighted by atomic mass is 32.2. The van der Waals surface area contributed by atoms with Crippen LogP contribution >= 0.6 is 23.1 Å². The van der Waals surface area contributed by atoms with Gasteiger partial charge in [0.2, 0.25) is 0 Å². The summed E-state index contributed by atoms with van der Waals surface area (Å²) in [6.45, 7) is 5.53. The maximum absolute atomic E-state index is 13.4. The van der Waals surface area contributed by atoms with Crippen molar-refractivity contribution in [3.05, 3.63) is 50.9 Å². The molecule has 0 saturated carbocycles. The molecular formula is C20H23N3O2S2. The number of pyridine rings is 1. The number of thiophene rings is 1. The average molecular weight is 402 g/mol. The molecule has 142 valence electrons. The normalized spacial score (nSPS) is 17.0. The summed E-state index contributed by atoms with van der Waals surface area (Å²) in [7, 11) is 0. The first-order valence-corrected chi connectivity index (χ1v) is 11.1. The topological polar surface area (TPSA) is 57.0 Å². The van der Waals surface area contributed by atoms with Crippen LogP contribution in [0.3, 0.4) is 0 Å². The molecule has 1 saturated heterocycles. The molecule has 3 aromatic rings. The van der Waals surface area contributed by atoms with Gasteiger partial charge in [-0.15, -0.1) is 11.3 Å². The number of rotatable bonds is 6. The van der Waals surface area contributed by atoms with E-state index in [1.807, 2.05) is 22.8 Å². The van der Waals surface area contributed by atoms with Crippen LogP contribution in [0.4, 0.5) is 0 Å². The minimum atomic E-state index is 0.0696. The lowest BCUT2D eigenvalue weighted by Gasteiger charge is -2.16. The van der Waals surface area contributed by atoms with E-state index in [0.29, 0.717) is 12.3 Å². The van der Waals surface area contributed by atoms with E-state index in [1.54, 1.807) is 29.3 Å². The van der Waals surface area contributed by atoms with E-state index in [4.69, 9.17) is 9.72 Å². The lowest BCUT2D eigenvalue weighted by Crippen LogP contribution is -2.29. The molecule has 1 aliphatic rings. The Kier molecular flexibility index (Phi) is 5.61. The zero-order valence-corrected chi connectivity index (χ0v) is 17.2. The van der Waals surface area contributed by atoms with Gasteiger partial charge in [0.25, 0.3) is 5.56 Å². The quantitative estimate of drug-likeness (QED) is 0.458. The maximum atomic E-state index is 13.4. The van der Waals surface area contributed by atoms with E-state index in [9.17, 15) is 4.79 Å². The van der Waals surface area contributed by atoms with Crippen molar-refractivity contribution in [1.82, 2.24) is 14.5 Å². The second kappa shape index (κ2) is 8.12. The van der Waals surface area contributed by atoms with Crippen LogP contribution in [0.15, 0.2) is 34.3 Å². The molecule has 4 heterocycles. The van der Waals surface area contributed by atoms with Crippen molar-refractivity contribution in [2.24, 2.45) is 0 Å². The first-order chi connectivity index (χ1) is 13.2. The fourth-order valence-corrected chi connectivity index (χ4v) is 5.62. The summed E-state index contributed by atoms with van der Waals surface area (Å²) in [6, 6.07) is 5.89. The summed E-state index contributed by atoms with van der Waals surface area (Å²) in [5, 5.41) is 1.55. The lowest BCUT2D eigenvalue weighted by atomic mass is 10.1. The largest absolute Gasteiger partial charge is 0.376 e. The standard InChI is InChI=1S/C20H23N3O2S2/c1-3-16-13(2)27-18-17(16)19(24)23(11-15-8-6-10-25-15)20(22-18)26-12-14-7-4-5-9-21-14/h4-5,7,9,15H,3,6,8,10-12H2,1-2H3. The van der Waals surface area contributed by atoms with Crippen LogP contribution in [0.1, 0.15) is 35.9 Å². The first kappa shape index (κ1) is 18.7. The predicted octanol–water partition coefficient (Wildman–Crippen LogP) is 4.20. The Morgan fingerprint density at radius 1 is 1.41 bits per heavy atom. The van der Waals surface area contributed by atoms with Gasteiger partial charge >= 0.3 is 0 Å². The van der Waals surface area contributed by atoms with Gasteiger partial charge in [0.15, 0.2) is 5.16 Å². The minimum Gasteiger partial charge on any atom is -0.376 e. The van der Waals surface area contributed by atoms with Crippen LogP contribution in [-0.2, 0) is 23.5 Å². The molecule has 1 aliphatic heterocycles. The van der Waals surface area contributed by atoms with Gasteiger partial charge in [-0.2, -0.15) is 0 Å². The van der Waals surface area contributed by atoms with Crippen LogP contribution in [0.2, 0.25) is 0 Å². The fourth-order valence-electron chi connectivity index (χ4n) is 3.54. The molecule has 0 bridgehead atoms. The molecular weight excluding hydrogens is 378 g/mol. The third-order valence-electron chi connectivity index (χ3n) is 4.92. The van der Waals surface area contributed by atoms with Gasteiger partial charge in [-0.25, -0.2) is 4.98 Å². The molecule has 27 heavy (non-hydrogen) atoms. The molecule has 1 fully saturated rings. The molecule has 0 N–H and O–H groups in total. The van der Waals surface area contributed by atoms with Crippen molar-refractivity contribution < 1.29 is 4.74 Å². The number of nitrogens with zero attached hydrogens (tertiary/aromatic N) is 3. The van der Waals surface area contributed by atoms with Gasteiger partial charge in [0.1, 0.15) is 4.83 Å². The van der Waals surface area contributed by atoms with Gasteiger partial charge < -0.3 is 4.74 Å². The Morgan fingerprint density at radius 2 is 2.30 bits per heavy atom. The first-order valence-electron chi connectivity index (χ1n) is 9.34. The Labute approximate surface area is 166 Å². The van der Waals surface area contributed by atoms with Gasteiger partial charge in [-0.3, -0.25) is 14.3 Å². The number of hydrogen-bond donors (Lipinski definition) is 0. The summed E-state index contributed by atoms with van der Waals surface area (Å²) in [5.74, 6) is 0.690. The Balaban J connectivity index is 1.76. The number of aryl methyl sites for hydroxylation is 2. The van der Waals surface area contributed by atoms with Crippen LogP contribution in [0, 0.1) is 6.92 Å². The molecule has 0 radical (unpaired) electrons. The Morgan fingerprint density at radius 3 is 3.00 bits per heavy atom. The molecule has 1 unspecified atom stereocenters. The number of fused-ring (bicyclic) bond motifs is 1. The van der Waals surface area contributed by atoms with Crippen molar-refractivity contribution in [2.45, 2.75) is 56.7 Å². The zero-order chi connectivity index (χ0) is 18.8. The van der Waals surface area contributed by atoms with Crippen molar-refractivity contribution >= 4 is 33.3 Å². The Hall–Kier alpha value is -1.70.